The molecule has 1 heterocycles. The molecule has 1 saturated heterocycles. The third-order valence-electron chi connectivity index (χ3n) is 2.47. The van der Waals surface area contributed by atoms with Crippen LogP contribution in [0.25, 0.3) is 0 Å². The number of carbonyl (C=O) groups is 1. The molecule has 4 heteroatoms. The molecule has 88 valence electrons. The van der Waals surface area contributed by atoms with Crippen molar-refractivity contribution in [1.82, 2.24) is 5.32 Å². The summed E-state index contributed by atoms with van der Waals surface area (Å²) in [7, 11) is 0. The predicted octanol–water partition coefficient (Wildman–Crippen LogP) is 0.831. The number of hydrogen-bond acceptors (Lipinski definition) is 4. The maximum absolute atomic E-state index is 11.8. The fourth-order valence-electron chi connectivity index (χ4n) is 1.75. The van der Waals surface area contributed by atoms with E-state index in [4.69, 9.17) is 4.74 Å². The molecule has 0 aromatic rings. The molecule has 2 N–H and O–H groups in total. The maximum atomic E-state index is 11.8. The van der Waals surface area contributed by atoms with Gasteiger partial charge in [-0.1, -0.05) is 0 Å². The van der Waals surface area contributed by atoms with Gasteiger partial charge in [0, 0.05) is 0 Å². The van der Waals surface area contributed by atoms with E-state index in [0.717, 1.165) is 13.0 Å². The van der Waals surface area contributed by atoms with Gasteiger partial charge in [0.05, 0.1) is 5.60 Å². The molecular formula is C11H21NO3. The highest BCUT2D eigenvalue weighted by Crippen LogP contribution is 2.23. The molecule has 0 spiro atoms. The first kappa shape index (κ1) is 12.5. The van der Waals surface area contributed by atoms with Crippen LogP contribution in [0.4, 0.5) is 0 Å². The highest BCUT2D eigenvalue weighted by Gasteiger charge is 2.41. The van der Waals surface area contributed by atoms with Crippen molar-refractivity contribution in [3.05, 3.63) is 0 Å². The Kier molecular flexibility index (Phi) is 3.41. The fraction of sp³-hybridized carbons (Fsp3) is 0.909. The lowest BCUT2D eigenvalue weighted by molar-refractivity contribution is -0.166. The van der Waals surface area contributed by atoms with Gasteiger partial charge in [-0.25, -0.2) is 0 Å². The van der Waals surface area contributed by atoms with E-state index in [9.17, 15) is 9.90 Å². The van der Waals surface area contributed by atoms with Gasteiger partial charge in [0.25, 0.3) is 0 Å². The minimum atomic E-state index is -0.999. The SMILES string of the molecule is CC(C)(C)OC(=O)C1NCCCC1(C)O. The van der Waals surface area contributed by atoms with Crippen molar-refractivity contribution in [3.8, 4) is 0 Å². The quantitative estimate of drug-likeness (QED) is 0.636. The summed E-state index contributed by atoms with van der Waals surface area (Å²) in [5.41, 5.74) is -1.51. The average molecular weight is 215 g/mol. The lowest BCUT2D eigenvalue weighted by Gasteiger charge is -2.37. The minimum Gasteiger partial charge on any atom is -0.459 e. The van der Waals surface area contributed by atoms with E-state index in [1.54, 1.807) is 6.92 Å². The first-order chi connectivity index (χ1) is 6.72. The van der Waals surface area contributed by atoms with Crippen LogP contribution in [0.5, 0.6) is 0 Å². The molecular weight excluding hydrogens is 194 g/mol. The Morgan fingerprint density at radius 3 is 2.60 bits per heavy atom. The van der Waals surface area contributed by atoms with E-state index in [0.29, 0.717) is 6.42 Å². The van der Waals surface area contributed by atoms with Crippen LogP contribution in [0, 0.1) is 0 Å². The lowest BCUT2D eigenvalue weighted by Crippen LogP contribution is -2.58. The van der Waals surface area contributed by atoms with Crippen LogP contribution < -0.4 is 5.32 Å². The number of piperidine rings is 1. The summed E-state index contributed by atoms with van der Waals surface area (Å²) >= 11 is 0. The summed E-state index contributed by atoms with van der Waals surface area (Å²) in [6.45, 7) is 7.89. The molecule has 1 aliphatic heterocycles. The van der Waals surface area contributed by atoms with E-state index in [1.165, 1.54) is 0 Å². The van der Waals surface area contributed by atoms with Crippen molar-refractivity contribution in [2.45, 2.75) is 57.8 Å². The number of hydrogen-bond donors (Lipinski definition) is 2. The van der Waals surface area contributed by atoms with E-state index in [2.05, 4.69) is 5.32 Å². The first-order valence-electron chi connectivity index (χ1n) is 5.41. The monoisotopic (exact) mass is 215 g/mol. The maximum Gasteiger partial charge on any atom is 0.326 e. The van der Waals surface area contributed by atoms with Gasteiger partial charge >= 0.3 is 5.97 Å². The van der Waals surface area contributed by atoms with Crippen molar-refractivity contribution >= 4 is 5.97 Å². The third kappa shape index (κ3) is 3.47. The first-order valence-corrected chi connectivity index (χ1v) is 5.41. The second kappa shape index (κ2) is 4.10. The third-order valence-corrected chi connectivity index (χ3v) is 2.47. The normalized spacial score (nSPS) is 32.5. The number of esters is 1. The van der Waals surface area contributed by atoms with Gasteiger partial charge < -0.3 is 15.2 Å². The lowest BCUT2D eigenvalue weighted by atomic mass is 9.88. The zero-order valence-corrected chi connectivity index (χ0v) is 9.96. The van der Waals surface area contributed by atoms with Gasteiger partial charge in [0.15, 0.2) is 0 Å². The molecule has 0 radical (unpaired) electrons. The molecule has 4 nitrogen and oxygen atoms in total. The molecule has 0 amide bonds. The van der Waals surface area contributed by atoms with Crippen molar-refractivity contribution in [1.29, 1.82) is 0 Å². The van der Waals surface area contributed by atoms with Crippen molar-refractivity contribution in [3.63, 3.8) is 0 Å². The van der Waals surface area contributed by atoms with Crippen molar-refractivity contribution in [2.75, 3.05) is 6.54 Å². The molecule has 0 aliphatic carbocycles. The van der Waals surface area contributed by atoms with Crippen LogP contribution in [0.3, 0.4) is 0 Å². The Balaban J connectivity index is 2.65. The second-order valence-corrected chi connectivity index (χ2v) is 5.38. The zero-order valence-electron chi connectivity index (χ0n) is 9.96. The highest BCUT2D eigenvalue weighted by molar-refractivity contribution is 5.78. The van der Waals surface area contributed by atoms with E-state index < -0.39 is 17.2 Å². The number of aliphatic hydroxyl groups is 1. The Labute approximate surface area is 91.0 Å². The molecule has 0 bridgehead atoms. The molecule has 1 aliphatic rings. The number of carbonyl (C=O) groups excluding carboxylic acids is 1. The van der Waals surface area contributed by atoms with Gasteiger partial charge in [-0.15, -0.1) is 0 Å². The summed E-state index contributed by atoms with van der Waals surface area (Å²) in [5, 5.41) is 13.0. The van der Waals surface area contributed by atoms with Gasteiger partial charge in [-0.3, -0.25) is 4.79 Å². The van der Waals surface area contributed by atoms with Gasteiger partial charge in [0.1, 0.15) is 11.6 Å². The Bertz CT molecular complexity index is 243. The Hall–Kier alpha value is -0.610. The van der Waals surface area contributed by atoms with Crippen LogP contribution in [0.15, 0.2) is 0 Å². The molecule has 15 heavy (non-hydrogen) atoms. The summed E-state index contributed by atoms with van der Waals surface area (Å²) in [6, 6.07) is -0.606. The van der Waals surface area contributed by atoms with Crippen LogP contribution in [-0.4, -0.2) is 34.9 Å². The molecule has 1 fully saturated rings. The highest BCUT2D eigenvalue weighted by atomic mass is 16.6. The van der Waals surface area contributed by atoms with Crippen LogP contribution in [0.1, 0.15) is 40.5 Å². The Morgan fingerprint density at radius 2 is 2.13 bits per heavy atom. The molecule has 1 rings (SSSR count). The van der Waals surface area contributed by atoms with Crippen LogP contribution >= 0.6 is 0 Å². The van der Waals surface area contributed by atoms with Crippen LogP contribution in [0.2, 0.25) is 0 Å². The molecule has 0 saturated carbocycles. The number of rotatable bonds is 1. The topological polar surface area (TPSA) is 58.6 Å². The summed E-state index contributed by atoms with van der Waals surface area (Å²) in [6.07, 6.45) is 1.51. The summed E-state index contributed by atoms with van der Waals surface area (Å²) < 4.78 is 5.25. The minimum absolute atomic E-state index is 0.368. The van der Waals surface area contributed by atoms with Gasteiger partial charge in [-0.05, 0) is 47.1 Å². The standard InChI is InChI=1S/C11H21NO3/c1-10(2,3)15-9(13)8-11(4,14)6-5-7-12-8/h8,12,14H,5-7H2,1-4H3. The summed E-state index contributed by atoms with van der Waals surface area (Å²) in [5.74, 6) is -0.368. The van der Waals surface area contributed by atoms with Crippen molar-refractivity contribution in [2.24, 2.45) is 0 Å². The molecule has 2 atom stereocenters. The van der Waals surface area contributed by atoms with Crippen molar-refractivity contribution < 1.29 is 14.6 Å². The second-order valence-electron chi connectivity index (χ2n) is 5.38. The molecule has 2 unspecified atom stereocenters. The smallest absolute Gasteiger partial charge is 0.326 e. The van der Waals surface area contributed by atoms with Gasteiger partial charge in [0.2, 0.25) is 0 Å². The zero-order chi connectivity index (χ0) is 11.7. The molecule has 0 aromatic heterocycles. The fourth-order valence-corrected chi connectivity index (χ4v) is 1.75. The van der Waals surface area contributed by atoms with Crippen LogP contribution in [-0.2, 0) is 9.53 Å². The molecule has 0 aromatic carbocycles. The predicted molar refractivity (Wildman–Crippen MR) is 57.5 cm³/mol. The number of ether oxygens (including phenoxy) is 1. The Morgan fingerprint density at radius 1 is 1.53 bits per heavy atom. The average Bonchev–Trinajstić information content (AvgIpc) is 1.99. The number of nitrogens with one attached hydrogen (secondary N) is 1. The van der Waals surface area contributed by atoms with E-state index >= 15 is 0 Å². The van der Waals surface area contributed by atoms with E-state index in [-0.39, 0.29) is 5.97 Å². The van der Waals surface area contributed by atoms with Gasteiger partial charge in [-0.2, -0.15) is 0 Å². The largest absolute Gasteiger partial charge is 0.459 e. The summed E-state index contributed by atoms with van der Waals surface area (Å²) in [4.78, 5) is 11.8. The van der Waals surface area contributed by atoms with E-state index in [1.807, 2.05) is 20.8 Å².